The standard InChI is InChI=1S/C7H11NOS/c1-8-7(9-2)6-4-3-5-10-6/h3-5,7-8H,1-2H3. The molecule has 2 nitrogen and oxygen atoms in total. The third-order valence-corrected chi connectivity index (χ3v) is 2.22. The molecule has 1 atom stereocenters. The third-order valence-electron chi connectivity index (χ3n) is 1.30. The van der Waals surface area contributed by atoms with Gasteiger partial charge in [0.25, 0.3) is 0 Å². The minimum Gasteiger partial charge on any atom is -0.361 e. The van der Waals surface area contributed by atoms with E-state index in [0.717, 1.165) is 0 Å². The monoisotopic (exact) mass is 157 g/mol. The Bertz CT molecular complexity index is 170. The van der Waals surface area contributed by atoms with E-state index >= 15 is 0 Å². The molecule has 0 spiro atoms. The van der Waals surface area contributed by atoms with E-state index < -0.39 is 0 Å². The lowest BCUT2D eigenvalue weighted by Crippen LogP contribution is -2.16. The summed E-state index contributed by atoms with van der Waals surface area (Å²) >= 11 is 1.69. The van der Waals surface area contributed by atoms with Crippen LogP contribution in [0.2, 0.25) is 0 Å². The van der Waals surface area contributed by atoms with Crippen LogP contribution in [0.1, 0.15) is 11.1 Å². The Morgan fingerprint density at radius 2 is 2.50 bits per heavy atom. The van der Waals surface area contributed by atoms with Crippen LogP contribution in [-0.4, -0.2) is 14.2 Å². The first-order valence-corrected chi connectivity index (χ1v) is 4.00. The topological polar surface area (TPSA) is 21.3 Å². The molecule has 0 fully saturated rings. The van der Waals surface area contributed by atoms with Crippen LogP contribution in [0.15, 0.2) is 17.5 Å². The fraction of sp³-hybridized carbons (Fsp3) is 0.429. The van der Waals surface area contributed by atoms with Crippen molar-refractivity contribution in [3.63, 3.8) is 0 Å². The molecule has 56 valence electrons. The van der Waals surface area contributed by atoms with Crippen LogP contribution in [0.4, 0.5) is 0 Å². The van der Waals surface area contributed by atoms with Gasteiger partial charge in [-0.05, 0) is 18.5 Å². The van der Waals surface area contributed by atoms with Crippen molar-refractivity contribution >= 4 is 11.3 Å². The maximum absolute atomic E-state index is 5.14. The molecule has 1 rings (SSSR count). The van der Waals surface area contributed by atoms with Crippen molar-refractivity contribution in [1.82, 2.24) is 5.32 Å². The molecule has 1 N–H and O–H groups in total. The van der Waals surface area contributed by atoms with E-state index in [1.54, 1.807) is 18.4 Å². The molecular weight excluding hydrogens is 146 g/mol. The summed E-state index contributed by atoms with van der Waals surface area (Å²) in [4.78, 5) is 1.21. The molecule has 0 aliphatic carbocycles. The van der Waals surface area contributed by atoms with Crippen molar-refractivity contribution in [2.45, 2.75) is 6.23 Å². The number of nitrogens with one attached hydrogen (secondary N) is 1. The van der Waals surface area contributed by atoms with Crippen LogP contribution in [0.25, 0.3) is 0 Å². The molecule has 10 heavy (non-hydrogen) atoms. The average Bonchev–Trinajstić information content (AvgIpc) is 2.43. The van der Waals surface area contributed by atoms with Gasteiger partial charge in [0.15, 0.2) is 0 Å². The zero-order valence-electron chi connectivity index (χ0n) is 6.13. The van der Waals surface area contributed by atoms with Gasteiger partial charge in [-0.1, -0.05) is 6.07 Å². The van der Waals surface area contributed by atoms with E-state index in [-0.39, 0.29) is 6.23 Å². The van der Waals surface area contributed by atoms with E-state index in [1.807, 2.05) is 18.5 Å². The van der Waals surface area contributed by atoms with Crippen molar-refractivity contribution in [3.05, 3.63) is 22.4 Å². The average molecular weight is 157 g/mol. The maximum Gasteiger partial charge on any atom is 0.142 e. The summed E-state index contributed by atoms with van der Waals surface area (Å²) in [5.74, 6) is 0. The molecule has 0 bridgehead atoms. The van der Waals surface area contributed by atoms with Crippen LogP contribution in [0.3, 0.4) is 0 Å². The zero-order chi connectivity index (χ0) is 7.40. The Kier molecular flexibility index (Phi) is 2.86. The molecule has 0 aliphatic rings. The van der Waals surface area contributed by atoms with Crippen LogP contribution in [0, 0.1) is 0 Å². The smallest absolute Gasteiger partial charge is 0.142 e. The molecule has 0 amide bonds. The predicted molar refractivity (Wildman–Crippen MR) is 43.1 cm³/mol. The first-order chi connectivity index (χ1) is 4.88. The van der Waals surface area contributed by atoms with E-state index in [1.165, 1.54) is 4.88 Å². The van der Waals surface area contributed by atoms with Crippen molar-refractivity contribution in [2.75, 3.05) is 14.2 Å². The summed E-state index contributed by atoms with van der Waals surface area (Å²) in [5, 5.41) is 5.08. The Morgan fingerprint density at radius 1 is 1.70 bits per heavy atom. The summed E-state index contributed by atoms with van der Waals surface area (Å²) in [6, 6.07) is 4.07. The summed E-state index contributed by atoms with van der Waals surface area (Å²) in [6.45, 7) is 0. The van der Waals surface area contributed by atoms with Gasteiger partial charge in [0.2, 0.25) is 0 Å². The summed E-state index contributed by atoms with van der Waals surface area (Å²) in [6.07, 6.45) is 0.0556. The van der Waals surface area contributed by atoms with Gasteiger partial charge in [0, 0.05) is 12.0 Å². The third kappa shape index (κ3) is 1.56. The number of methoxy groups -OCH3 is 1. The Morgan fingerprint density at radius 3 is 2.90 bits per heavy atom. The number of hydrogen-bond donors (Lipinski definition) is 1. The van der Waals surface area contributed by atoms with Crippen molar-refractivity contribution < 1.29 is 4.74 Å². The highest BCUT2D eigenvalue weighted by Crippen LogP contribution is 2.18. The van der Waals surface area contributed by atoms with Gasteiger partial charge in [-0.25, -0.2) is 0 Å². The highest BCUT2D eigenvalue weighted by atomic mass is 32.1. The minimum absolute atomic E-state index is 0.0556. The molecule has 0 aromatic carbocycles. The number of thiophene rings is 1. The molecular formula is C7H11NOS. The molecule has 1 unspecified atom stereocenters. The minimum atomic E-state index is 0.0556. The second kappa shape index (κ2) is 3.71. The first kappa shape index (κ1) is 7.72. The van der Waals surface area contributed by atoms with Gasteiger partial charge in [-0.2, -0.15) is 0 Å². The Hall–Kier alpha value is -0.380. The van der Waals surface area contributed by atoms with E-state index in [9.17, 15) is 0 Å². The SMILES string of the molecule is CNC(OC)c1cccs1. The summed E-state index contributed by atoms with van der Waals surface area (Å²) in [7, 11) is 3.58. The van der Waals surface area contributed by atoms with Gasteiger partial charge in [-0.3, -0.25) is 5.32 Å². The molecule has 1 heterocycles. The van der Waals surface area contributed by atoms with Crippen LogP contribution >= 0.6 is 11.3 Å². The van der Waals surface area contributed by atoms with E-state index in [4.69, 9.17) is 4.74 Å². The zero-order valence-corrected chi connectivity index (χ0v) is 6.94. The number of ether oxygens (including phenoxy) is 1. The number of rotatable bonds is 3. The lowest BCUT2D eigenvalue weighted by Gasteiger charge is -2.10. The second-order valence-electron chi connectivity index (χ2n) is 1.92. The van der Waals surface area contributed by atoms with Crippen LogP contribution in [0.5, 0.6) is 0 Å². The normalized spacial score (nSPS) is 13.4. The van der Waals surface area contributed by atoms with Crippen molar-refractivity contribution in [3.8, 4) is 0 Å². The van der Waals surface area contributed by atoms with Crippen molar-refractivity contribution in [1.29, 1.82) is 0 Å². The lowest BCUT2D eigenvalue weighted by molar-refractivity contribution is 0.0838. The number of hydrogen-bond acceptors (Lipinski definition) is 3. The Balaban J connectivity index is 2.64. The van der Waals surface area contributed by atoms with Crippen LogP contribution in [-0.2, 0) is 4.74 Å². The van der Waals surface area contributed by atoms with Gasteiger partial charge in [0.1, 0.15) is 6.23 Å². The molecule has 1 aromatic heterocycles. The second-order valence-corrected chi connectivity index (χ2v) is 2.90. The van der Waals surface area contributed by atoms with Crippen molar-refractivity contribution in [2.24, 2.45) is 0 Å². The predicted octanol–water partition coefficient (Wildman–Crippen LogP) is 1.61. The van der Waals surface area contributed by atoms with Gasteiger partial charge in [-0.15, -0.1) is 11.3 Å². The van der Waals surface area contributed by atoms with E-state index in [0.29, 0.717) is 0 Å². The fourth-order valence-corrected chi connectivity index (χ4v) is 1.63. The molecule has 1 aromatic rings. The quantitative estimate of drug-likeness (QED) is 0.673. The summed E-state index contributed by atoms with van der Waals surface area (Å²) < 4.78 is 5.14. The van der Waals surface area contributed by atoms with Gasteiger partial charge >= 0.3 is 0 Å². The van der Waals surface area contributed by atoms with Gasteiger partial charge < -0.3 is 4.74 Å². The highest BCUT2D eigenvalue weighted by molar-refractivity contribution is 7.10. The highest BCUT2D eigenvalue weighted by Gasteiger charge is 2.06. The maximum atomic E-state index is 5.14. The lowest BCUT2D eigenvalue weighted by atomic mass is 10.4. The summed E-state index contributed by atoms with van der Waals surface area (Å²) in [5.41, 5.74) is 0. The molecule has 0 saturated carbocycles. The molecule has 0 radical (unpaired) electrons. The van der Waals surface area contributed by atoms with Gasteiger partial charge in [0.05, 0.1) is 0 Å². The largest absolute Gasteiger partial charge is 0.361 e. The van der Waals surface area contributed by atoms with E-state index in [2.05, 4.69) is 11.4 Å². The molecule has 0 saturated heterocycles. The molecule has 3 heteroatoms. The Labute approximate surface area is 64.8 Å². The fourth-order valence-electron chi connectivity index (χ4n) is 0.817. The van der Waals surface area contributed by atoms with Crippen LogP contribution < -0.4 is 5.32 Å². The molecule has 0 aliphatic heterocycles. The first-order valence-electron chi connectivity index (χ1n) is 3.12.